The van der Waals surface area contributed by atoms with Crippen molar-refractivity contribution in [1.29, 1.82) is 0 Å². The first-order valence-electron chi connectivity index (χ1n) is 7.80. The summed E-state index contributed by atoms with van der Waals surface area (Å²) in [4.78, 5) is 16.7. The van der Waals surface area contributed by atoms with Crippen LogP contribution in [0.4, 0.5) is 5.69 Å². The topological polar surface area (TPSA) is 49.6 Å². The van der Waals surface area contributed by atoms with Crippen molar-refractivity contribution in [1.82, 2.24) is 9.80 Å². The standard InChI is InChI=1S/C17H29N3O/c1-6-19(7-2)17(21)14(5)20(13(3)4)12-15-10-8-9-11-16(15)18/h8-11,13-14H,6-7,12,18H2,1-5H3. The molecule has 2 N–H and O–H groups in total. The molecule has 0 aliphatic heterocycles. The van der Waals surface area contributed by atoms with Gasteiger partial charge in [-0.25, -0.2) is 0 Å². The van der Waals surface area contributed by atoms with Crippen LogP contribution in [0.5, 0.6) is 0 Å². The Kier molecular flexibility index (Phi) is 6.69. The Balaban J connectivity index is 2.91. The highest BCUT2D eigenvalue weighted by Gasteiger charge is 2.26. The molecule has 1 unspecified atom stereocenters. The number of nitrogen functional groups attached to an aromatic ring is 1. The lowest BCUT2D eigenvalue weighted by molar-refractivity contribution is -0.137. The van der Waals surface area contributed by atoms with E-state index >= 15 is 0 Å². The van der Waals surface area contributed by atoms with E-state index in [9.17, 15) is 4.79 Å². The molecule has 21 heavy (non-hydrogen) atoms. The van der Waals surface area contributed by atoms with Gasteiger partial charge < -0.3 is 10.6 Å². The van der Waals surface area contributed by atoms with E-state index in [-0.39, 0.29) is 18.0 Å². The minimum atomic E-state index is -0.149. The highest BCUT2D eigenvalue weighted by molar-refractivity contribution is 5.81. The van der Waals surface area contributed by atoms with E-state index in [1.807, 2.05) is 49.9 Å². The second-order valence-electron chi connectivity index (χ2n) is 5.65. The van der Waals surface area contributed by atoms with E-state index in [4.69, 9.17) is 5.73 Å². The third-order valence-electron chi connectivity index (χ3n) is 4.00. The van der Waals surface area contributed by atoms with E-state index in [1.54, 1.807) is 0 Å². The zero-order valence-corrected chi connectivity index (χ0v) is 14.0. The van der Waals surface area contributed by atoms with Crippen molar-refractivity contribution in [3.8, 4) is 0 Å². The molecule has 4 heteroatoms. The number of hydrogen-bond donors (Lipinski definition) is 1. The summed E-state index contributed by atoms with van der Waals surface area (Å²) in [5.74, 6) is 0.184. The fourth-order valence-electron chi connectivity index (χ4n) is 2.58. The van der Waals surface area contributed by atoms with Gasteiger partial charge in [-0.15, -0.1) is 0 Å². The van der Waals surface area contributed by atoms with Crippen molar-refractivity contribution in [2.75, 3.05) is 18.8 Å². The molecule has 1 atom stereocenters. The van der Waals surface area contributed by atoms with Crippen LogP contribution in [0, 0.1) is 0 Å². The Morgan fingerprint density at radius 1 is 1.14 bits per heavy atom. The van der Waals surface area contributed by atoms with Crippen LogP contribution in [0.2, 0.25) is 0 Å². The molecule has 1 amide bonds. The van der Waals surface area contributed by atoms with Crippen LogP contribution in [-0.4, -0.2) is 40.9 Å². The van der Waals surface area contributed by atoms with Crippen LogP contribution >= 0.6 is 0 Å². The molecule has 0 aromatic heterocycles. The summed E-state index contributed by atoms with van der Waals surface area (Å²) in [6, 6.07) is 7.98. The minimum Gasteiger partial charge on any atom is -0.398 e. The van der Waals surface area contributed by atoms with Crippen molar-refractivity contribution in [3.05, 3.63) is 29.8 Å². The average Bonchev–Trinajstić information content (AvgIpc) is 2.46. The maximum Gasteiger partial charge on any atom is 0.239 e. The van der Waals surface area contributed by atoms with Gasteiger partial charge in [0.2, 0.25) is 5.91 Å². The number of benzene rings is 1. The van der Waals surface area contributed by atoms with Crippen LogP contribution in [0.3, 0.4) is 0 Å². The van der Waals surface area contributed by atoms with Crippen molar-refractivity contribution in [2.24, 2.45) is 0 Å². The smallest absolute Gasteiger partial charge is 0.239 e. The van der Waals surface area contributed by atoms with Gasteiger partial charge in [-0.05, 0) is 46.2 Å². The zero-order chi connectivity index (χ0) is 16.0. The molecule has 0 saturated carbocycles. The molecule has 0 aliphatic carbocycles. The predicted molar refractivity (Wildman–Crippen MR) is 88.9 cm³/mol. The molecule has 4 nitrogen and oxygen atoms in total. The fraction of sp³-hybridized carbons (Fsp3) is 0.588. The van der Waals surface area contributed by atoms with Gasteiger partial charge in [0.15, 0.2) is 0 Å². The molecule has 1 aromatic carbocycles. The van der Waals surface area contributed by atoms with Crippen LogP contribution in [0.1, 0.15) is 40.2 Å². The van der Waals surface area contributed by atoms with E-state index in [2.05, 4.69) is 18.7 Å². The Labute approximate surface area is 128 Å². The minimum absolute atomic E-state index is 0.149. The highest BCUT2D eigenvalue weighted by Crippen LogP contribution is 2.18. The number of anilines is 1. The molecule has 0 bridgehead atoms. The highest BCUT2D eigenvalue weighted by atomic mass is 16.2. The molecule has 0 spiro atoms. The number of nitrogens with zero attached hydrogens (tertiary/aromatic N) is 2. The first-order chi connectivity index (χ1) is 9.92. The molecule has 0 heterocycles. The van der Waals surface area contributed by atoms with Gasteiger partial charge in [-0.1, -0.05) is 18.2 Å². The predicted octanol–water partition coefficient (Wildman–Crippen LogP) is 2.74. The van der Waals surface area contributed by atoms with Gasteiger partial charge in [0.05, 0.1) is 6.04 Å². The van der Waals surface area contributed by atoms with Gasteiger partial charge in [0.25, 0.3) is 0 Å². The molecule has 0 fully saturated rings. The summed E-state index contributed by atoms with van der Waals surface area (Å²) >= 11 is 0. The van der Waals surface area contributed by atoms with Crippen molar-refractivity contribution < 1.29 is 4.79 Å². The third kappa shape index (κ3) is 4.46. The van der Waals surface area contributed by atoms with Crippen LogP contribution in [0.25, 0.3) is 0 Å². The average molecular weight is 291 g/mol. The summed E-state index contributed by atoms with van der Waals surface area (Å²) in [6.45, 7) is 12.4. The summed E-state index contributed by atoms with van der Waals surface area (Å²) in [6.07, 6.45) is 0. The number of likely N-dealkylation sites (N-methyl/N-ethyl adjacent to an activating group) is 1. The maximum atomic E-state index is 12.6. The first kappa shape index (κ1) is 17.5. The van der Waals surface area contributed by atoms with Gasteiger partial charge in [-0.2, -0.15) is 0 Å². The number of rotatable bonds is 7. The van der Waals surface area contributed by atoms with Crippen molar-refractivity contribution >= 4 is 11.6 Å². The zero-order valence-electron chi connectivity index (χ0n) is 14.0. The van der Waals surface area contributed by atoms with Gasteiger partial charge in [0, 0.05) is 31.4 Å². The molecule has 0 aliphatic rings. The number of carbonyl (C=O) groups excluding carboxylic acids is 1. The molecule has 1 rings (SSSR count). The lowest BCUT2D eigenvalue weighted by atomic mass is 10.1. The number of carbonyl (C=O) groups is 1. The van der Waals surface area contributed by atoms with Gasteiger partial charge >= 0.3 is 0 Å². The van der Waals surface area contributed by atoms with Crippen molar-refractivity contribution in [3.63, 3.8) is 0 Å². The van der Waals surface area contributed by atoms with E-state index in [0.29, 0.717) is 6.54 Å². The molecular weight excluding hydrogens is 262 g/mol. The monoisotopic (exact) mass is 291 g/mol. The lowest BCUT2D eigenvalue weighted by Gasteiger charge is -2.35. The number of nitrogens with two attached hydrogens (primary N) is 1. The van der Waals surface area contributed by atoms with E-state index < -0.39 is 0 Å². The van der Waals surface area contributed by atoms with Gasteiger partial charge in [0.1, 0.15) is 0 Å². The molecular formula is C17H29N3O. The number of hydrogen-bond acceptors (Lipinski definition) is 3. The summed E-state index contributed by atoms with van der Waals surface area (Å²) in [5.41, 5.74) is 7.89. The summed E-state index contributed by atoms with van der Waals surface area (Å²) in [5, 5.41) is 0. The normalized spacial score (nSPS) is 12.7. The SMILES string of the molecule is CCN(CC)C(=O)C(C)N(Cc1ccccc1N)C(C)C. The lowest BCUT2D eigenvalue weighted by Crippen LogP contribution is -2.49. The maximum absolute atomic E-state index is 12.6. The quantitative estimate of drug-likeness (QED) is 0.786. The second-order valence-corrected chi connectivity index (χ2v) is 5.65. The Morgan fingerprint density at radius 2 is 1.71 bits per heavy atom. The Morgan fingerprint density at radius 3 is 2.19 bits per heavy atom. The molecule has 0 radical (unpaired) electrons. The third-order valence-corrected chi connectivity index (χ3v) is 4.00. The summed E-state index contributed by atoms with van der Waals surface area (Å²) in [7, 11) is 0. The Bertz CT molecular complexity index is 455. The molecule has 118 valence electrons. The molecule has 1 aromatic rings. The summed E-state index contributed by atoms with van der Waals surface area (Å²) < 4.78 is 0. The van der Waals surface area contributed by atoms with Crippen LogP contribution in [-0.2, 0) is 11.3 Å². The van der Waals surface area contributed by atoms with E-state index in [0.717, 1.165) is 24.3 Å². The van der Waals surface area contributed by atoms with Crippen molar-refractivity contribution in [2.45, 2.75) is 53.2 Å². The van der Waals surface area contributed by atoms with Crippen LogP contribution < -0.4 is 5.73 Å². The molecule has 0 saturated heterocycles. The number of amides is 1. The fourth-order valence-corrected chi connectivity index (χ4v) is 2.58. The Hall–Kier alpha value is -1.55. The van der Waals surface area contributed by atoms with Gasteiger partial charge in [-0.3, -0.25) is 9.69 Å². The number of para-hydroxylation sites is 1. The largest absolute Gasteiger partial charge is 0.398 e. The van der Waals surface area contributed by atoms with Crippen LogP contribution in [0.15, 0.2) is 24.3 Å². The second kappa shape index (κ2) is 8.03. The van der Waals surface area contributed by atoms with E-state index in [1.165, 1.54) is 0 Å². The first-order valence-corrected chi connectivity index (χ1v) is 7.80.